The van der Waals surface area contributed by atoms with Crippen LogP contribution in [0.5, 0.6) is 0 Å². The van der Waals surface area contributed by atoms with Gasteiger partial charge in [-0.3, -0.25) is 0 Å². The van der Waals surface area contributed by atoms with E-state index in [2.05, 4.69) is 18.7 Å². The van der Waals surface area contributed by atoms with Crippen LogP contribution in [0.4, 0.5) is 0 Å². The molecule has 1 aliphatic rings. The van der Waals surface area contributed by atoms with Gasteiger partial charge in [0.1, 0.15) is 0 Å². The van der Waals surface area contributed by atoms with Gasteiger partial charge in [0.2, 0.25) is 0 Å². The lowest BCUT2D eigenvalue weighted by Gasteiger charge is -2.33. The van der Waals surface area contributed by atoms with Gasteiger partial charge < -0.3 is 14.7 Å². The lowest BCUT2D eigenvalue weighted by atomic mass is 9.90. The third-order valence-corrected chi connectivity index (χ3v) is 3.20. The van der Waals surface area contributed by atoms with Gasteiger partial charge in [0.15, 0.2) is 0 Å². The fourth-order valence-electron chi connectivity index (χ4n) is 2.57. The first-order valence-corrected chi connectivity index (χ1v) is 6.63. The van der Waals surface area contributed by atoms with Crippen LogP contribution in [0.1, 0.15) is 33.1 Å². The van der Waals surface area contributed by atoms with Crippen LogP contribution in [0, 0.1) is 11.8 Å². The quantitative estimate of drug-likeness (QED) is 0.675. The molecule has 3 nitrogen and oxygen atoms in total. The Kier molecular flexibility index (Phi) is 7.01. The summed E-state index contributed by atoms with van der Waals surface area (Å²) in [6.07, 6.45) is 4.08. The molecule has 1 saturated heterocycles. The van der Waals surface area contributed by atoms with Crippen molar-refractivity contribution in [3.05, 3.63) is 0 Å². The van der Waals surface area contributed by atoms with Crippen LogP contribution >= 0.6 is 0 Å². The van der Waals surface area contributed by atoms with Crippen LogP contribution in [-0.4, -0.2) is 49.5 Å². The van der Waals surface area contributed by atoms with Crippen molar-refractivity contribution in [3.63, 3.8) is 0 Å². The molecule has 0 bridgehead atoms. The zero-order valence-corrected chi connectivity index (χ0v) is 10.8. The molecule has 1 atom stereocenters. The van der Waals surface area contributed by atoms with E-state index in [0.717, 1.165) is 25.0 Å². The highest BCUT2D eigenvalue weighted by molar-refractivity contribution is 4.73. The van der Waals surface area contributed by atoms with E-state index in [4.69, 9.17) is 9.84 Å². The fourth-order valence-corrected chi connectivity index (χ4v) is 2.57. The van der Waals surface area contributed by atoms with Gasteiger partial charge in [-0.2, -0.15) is 0 Å². The highest BCUT2D eigenvalue weighted by Gasteiger charge is 2.20. The summed E-state index contributed by atoms with van der Waals surface area (Å²) in [5.74, 6) is 1.70. The molecular formula is C13H27NO2. The molecule has 1 fully saturated rings. The minimum Gasteiger partial charge on any atom is -0.394 e. The summed E-state index contributed by atoms with van der Waals surface area (Å²) in [5, 5.41) is 8.61. The minimum atomic E-state index is 0.135. The van der Waals surface area contributed by atoms with Gasteiger partial charge in [-0.05, 0) is 37.6 Å². The van der Waals surface area contributed by atoms with Crippen LogP contribution in [0.15, 0.2) is 0 Å². The van der Waals surface area contributed by atoms with E-state index in [0.29, 0.717) is 6.61 Å². The molecule has 3 heteroatoms. The molecule has 0 aromatic heterocycles. The number of aliphatic hydroxyl groups is 1. The third kappa shape index (κ3) is 5.83. The number of rotatable bonds is 7. The number of likely N-dealkylation sites (tertiary alicyclic amines) is 1. The average molecular weight is 229 g/mol. The van der Waals surface area contributed by atoms with Gasteiger partial charge in [-0.1, -0.05) is 13.8 Å². The molecule has 0 saturated carbocycles. The smallest absolute Gasteiger partial charge is 0.0698 e. The minimum absolute atomic E-state index is 0.135. The SMILES string of the molecule is CC(C)CC1CCCN(CCOCCO)C1. The first-order chi connectivity index (χ1) is 7.72. The van der Waals surface area contributed by atoms with Crippen LogP contribution < -0.4 is 0 Å². The third-order valence-electron chi connectivity index (χ3n) is 3.20. The van der Waals surface area contributed by atoms with Crippen LogP contribution in [0.3, 0.4) is 0 Å². The molecule has 1 rings (SSSR count). The van der Waals surface area contributed by atoms with Crippen molar-refractivity contribution in [3.8, 4) is 0 Å². The highest BCUT2D eigenvalue weighted by Crippen LogP contribution is 2.22. The van der Waals surface area contributed by atoms with Gasteiger partial charge in [0.25, 0.3) is 0 Å². The Bertz CT molecular complexity index is 173. The zero-order valence-electron chi connectivity index (χ0n) is 10.8. The molecule has 1 unspecified atom stereocenters. The van der Waals surface area contributed by atoms with Gasteiger partial charge in [0.05, 0.1) is 19.8 Å². The Morgan fingerprint density at radius 2 is 2.19 bits per heavy atom. The summed E-state index contributed by atoms with van der Waals surface area (Å²) < 4.78 is 5.31. The Balaban J connectivity index is 2.12. The largest absolute Gasteiger partial charge is 0.394 e. The van der Waals surface area contributed by atoms with Crippen LogP contribution in [0.25, 0.3) is 0 Å². The van der Waals surface area contributed by atoms with E-state index in [9.17, 15) is 0 Å². The second-order valence-corrected chi connectivity index (χ2v) is 5.27. The summed E-state index contributed by atoms with van der Waals surface area (Å²) in [4.78, 5) is 2.51. The zero-order chi connectivity index (χ0) is 11.8. The molecule has 1 heterocycles. The van der Waals surface area contributed by atoms with Crippen molar-refractivity contribution in [2.75, 3.05) is 39.5 Å². The topological polar surface area (TPSA) is 32.7 Å². The van der Waals surface area contributed by atoms with Gasteiger partial charge in [-0.15, -0.1) is 0 Å². The van der Waals surface area contributed by atoms with Crippen molar-refractivity contribution in [1.29, 1.82) is 0 Å². The Morgan fingerprint density at radius 1 is 1.38 bits per heavy atom. The maximum atomic E-state index is 8.61. The summed E-state index contributed by atoms with van der Waals surface area (Å²) >= 11 is 0. The van der Waals surface area contributed by atoms with Gasteiger partial charge in [-0.25, -0.2) is 0 Å². The van der Waals surface area contributed by atoms with E-state index in [-0.39, 0.29) is 6.61 Å². The molecule has 16 heavy (non-hydrogen) atoms. The summed E-state index contributed by atoms with van der Waals surface area (Å²) in [7, 11) is 0. The lowest BCUT2D eigenvalue weighted by Crippen LogP contribution is -2.38. The first kappa shape index (κ1) is 13.9. The van der Waals surface area contributed by atoms with Crippen LogP contribution in [-0.2, 0) is 4.74 Å². The molecule has 1 aliphatic heterocycles. The number of ether oxygens (including phenoxy) is 1. The van der Waals surface area contributed by atoms with Crippen molar-refractivity contribution < 1.29 is 9.84 Å². The molecule has 0 amide bonds. The monoisotopic (exact) mass is 229 g/mol. The van der Waals surface area contributed by atoms with Gasteiger partial charge >= 0.3 is 0 Å². The molecule has 0 aromatic carbocycles. The maximum absolute atomic E-state index is 8.61. The highest BCUT2D eigenvalue weighted by atomic mass is 16.5. The molecule has 0 radical (unpaired) electrons. The van der Waals surface area contributed by atoms with Gasteiger partial charge in [0, 0.05) is 13.1 Å². The van der Waals surface area contributed by atoms with Crippen molar-refractivity contribution in [2.24, 2.45) is 11.8 Å². The van der Waals surface area contributed by atoms with Crippen molar-refractivity contribution in [1.82, 2.24) is 4.90 Å². The van der Waals surface area contributed by atoms with E-state index in [1.54, 1.807) is 0 Å². The van der Waals surface area contributed by atoms with E-state index in [1.807, 2.05) is 0 Å². The van der Waals surface area contributed by atoms with Crippen molar-refractivity contribution >= 4 is 0 Å². The second-order valence-electron chi connectivity index (χ2n) is 5.27. The van der Waals surface area contributed by atoms with E-state index >= 15 is 0 Å². The predicted octanol–water partition coefficient (Wildman–Crippen LogP) is 1.75. The van der Waals surface area contributed by atoms with Crippen molar-refractivity contribution in [2.45, 2.75) is 33.1 Å². The molecule has 0 aromatic rings. The normalized spacial score (nSPS) is 22.9. The Hall–Kier alpha value is -0.120. The number of hydrogen-bond acceptors (Lipinski definition) is 3. The van der Waals surface area contributed by atoms with E-state index in [1.165, 1.54) is 32.4 Å². The molecule has 96 valence electrons. The molecule has 0 aliphatic carbocycles. The first-order valence-electron chi connectivity index (χ1n) is 6.63. The lowest BCUT2D eigenvalue weighted by molar-refractivity contribution is 0.0607. The Morgan fingerprint density at radius 3 is 2.88 bits per heavy atom. The molecule has 1 N–H and O–H groups in total. The summed E-state index contributed by atoms with van der Waals surface area (Å²) in [6.45, 7) is 9.47. The number of hydrogen-bond donors (Lipinski definition) is 1. The molecule has 0 spiro atoms. The average Bonchev–Trinajstić information content (AvgIpc) is 2.24. The summed E-state index contributed by atoms with van der Waals surface area (Å²) in [6, 6.07) is 0. The number of piperidine rings is 1. The van der Waals surface area contributed by atoms with E-state index < -0.39 is 0 Å². The standard InChI is InChI=1S/C13H27NO2/c1-12(2)10-13-4-3-5-14(11-13)6-8-16-9-7-15/h12-13,15H,3-11H2,1-2H3. The Labute approximate surface area is 99.8 Å². The molecular weight excluding hydrogens is 202 g/mol. The summed E-state index contributed by atoms with van der Waals surface area (Å²) in [5.41, 5.74) is 0. The number of aliphatic hydroxyl groups excluding tert-OH is 1. The second kappa shape index (κ2) is 8.04. The predicted molar refractivity (Wildman–Crippen MR) is 66.5 cm³/mol. The number of nitrogens with zero attached hydrogens (tertiary/aromatic N) is 1. The maximum Gasteiger partial charge on any atom is 0.0698 e. The fraction of sp³-hybridized carbons (Fsp3) is 1.00. The van der Waals surface area contributed by atoms with Crippen LogP contribution in [0.2, 0.25) is 0 Å².